The number of para-hydroxylation sites is 1. The standard InChI is InChI=1S/C18H16F2N2O2S/c1-11-8-18(24)22(15-4-2-3-5-16(15)25-11)10-17(23)21-14-7-6-12(19)9-13(14)20/h2-7,9,11H,8,10H2,1H3,(H,21,23)/t11-/m0/s1. The van der Waals surface area contributed by atoms with Crippen molar-refractivity contribution in [1.29, 1.82) is 0 Å². The molecule has 0 aliphatic carbocycles. The number of halogens is 2. The molecule has 25 heavy (non-hydrogen) atoms. The number of rotatable bonds is 3. The van der Waals surface area contributed by atoms with Gasteiger partial charge in [0.1, 0.15) is 18.2 Å². The number of hydrogen-bond acceptors (Lipinski definition) is 3. The van der Waals surface area contributed by atoms with Crippen LogP contribution in [0.1, 0.15) is 13.3 Å². The quantitative estimate of drug-likeness (QED) is 0.903. The molecular weight excluding hydrogens is 346 g/mol. The van der Waals surface area contributed by atoms with Crippen LogP contribution in [0.15, 0.2) is 47.4 Å². The van der Waals surface area contributed by atoms with Gasteiger partial charge in [0.05, 0.1) is 11.4 Å². The van der Waals surface area contributed by atoms with Gasteiger partial charge in [-0.15, -0.1) is 11.8 Å². The highest BCUT2D eigenvalue weighted by Crippen LogP contribution is 2.37. The smallest absolute Gasteiger partial charge is 0.244 e. The molecule has 130 valence electrons. The number of carbonyl (C=O) groups excluding carboxylic acids is 2. The molecule has 1 N–H and O–H groups in total. The highest BCUT2D eigenvalue weighted by atomic mass is 32.2. The maximum Gasteiger partial charge on any atom is 0.244 e. The molecular formula is C18H16F2N2O2S. The fourth-order valence-corrected chi connectivity index (χ4v) is 3.74. The van der Waals surface area contributed by atoms with E-state index in [9.17, 15) is 18.4 Å². The molecule has 0 spiro atoms. The second-order valence-electron chi connectivity index (χ2n) is 5.75. The summed E-state index contributed by atoms with van der Waals surface area (Å²) >= 11 is 1.58. The molecule has 0 fully saturated rings. The third-order valence-corrected chi connectivity index (χ3v) is 4.92. The van der Waals surface area contributed by atoms with E-state index in [1.165, 1.54) is 4.90 Å². The van der Waals surface area contributed by atoms with Crippen molar-refractivity contribution in [2.45, 2.75) is 23.5 Å². The maximum absolute atomic E-state index is 13.7. The fraction of sp³-hybridized carbons (Fsp3) is 0.222. The summed E-state index contributed by atoms with van der Waals surface area (Å²) in [7, 11) is 0. The Morgan fingerprint density at radius 3 is 2.80 bits per heavy atom. The minimum Gasteiger partial charge on any atom is -0.322 e. The first-order chi connectivity index (χ1) is 11.9. The van der Waals surface area contributed by atoms with Gasteiger partial charge in [-0.2, -0.15) is 0 Å². The van der Waals surface area contributed by atoms with Crippen molar-refractivity contribution >= 4 is 35.0 Å². The van der Waals surface area contributed by atoms with Crippen LogP contribution < -0.4 is 10.2 Å². The number of nitrogens with one attached hydrogen (secondary N) is 1. The van der Waals surface area contributed by atoms with Crippen LogP contribution in [-0.2, 0) is 9.59 Å². The number of amides is 2. The lowest BCUT2D eigenvalue weighted by Crippen LogP contribution is -2.38. The van der Waals surface area contributed by atoms with E-state index in [1.807, 2.05) is 19.1 Å². The third-order valence-electron chi connectivity index (χ3n) is 3.75. The van der Waals surface area contributed by atoms with Crippen LogP contribution in [-0.4, -0.2) is 23.6 Å². The second kappa shape index (κ2) is 7.23. The number of benzene rings is 2. The van der Waals surface area contributed by atoms with Crippen LogP contribution >= 0.6 is 11.8 Å². The van der Waals surface area contributed by atoms with Crippen LogP contribution in [0.2, 0.25) is 0 Å². The molecule has 1 heterocycles. The van der Waals surface area contributed by atoms with E-state index in [1.54, 1.807) is 23.9 Å². The lowest BCUT2D eigenvalue weighted by molar-refractivity contribution is -0.121. The zero-order valence-corrected chi connectivity index (χ0v) is 14.3. The van der Waals surface area contributed by atoms with Crippen molar-refractivity contribution < 1.29 is 18.4 Å². The van der Waals surface area contributed by atoms with E-state index < -0.39 is 17.5 Å². The Morgan fingerprint density at radius 2 is 2.04 bits per heavy atom. The number of fused-ring (bicyclic) bond motifs is 1. The molecule has 0 bridgehead atoms. The van der Waals surface area contributed by atoms with E-state index in [0.29, 0.717) is 18.2 Å². The Morgan fingerprint density at radius 1 is 1.28 bits per heavy atom. The molecule has 0 radical (unpaired) electrons. The first kappa shape index (κ1) is 17.4. The van der Waals surface area contributed by atoms with Crippen molar-refractivity contribution in [2.24, 2.45) is 0 Å². The molecule has 1 aliphatic heterocycles. The summed E-state index contributed by atoms with van der Waals surface area (Å²) in [4.78, 5) is 27.1. The van der Waals surface area contributed by atoms with Gasteiger partial charge < -0.3 is 10.2 Å². The van der Waals surface area contributed by atoms with Crippen molar-refractivity contribution in [2.75, 3.05) is 16.8 Å². The Kier molecular flexibility index (Phi) is 5.03. The molecule has 0 saturated heterocycles. The van der Waals surface area contributed by atoms with E-state index in [4.69, 9.17) is 0 Å². The Labute approximate surface area is 148 Å². The molecule has 0 aromatic heterocycles. The monoisotopic (exact) mass is 362 g/mol. The fourth-order valence-electron chi connectivity index (χ4n) is 2.63. The predicted octanol–water partition coefficient (Wildman–Crippen LogP) is 3.82. The average Bonchev–Trinajstić information content (AvgIpc) is 2.66. The Hall–Kier alpha value is -2.41. The normalized spacial score (nSPS) is 17.0. The first-order valence-electron chi connectivity index (χ1n) is 7.75. The number of hydrogen-bond donors (Lipinski definition) is 1. The van der Waals surface area contributed by atoms with Gasteiger partial charge >= 0.3 is 0 Å². The Balaban J connectivity index is 1.81. The van der Waals surface area contributed by atoms with Gasteiger partial charge in [0.15, 0.2) is 0 Å². The number of thioether (sulfide) groups is 1. The molecule has 2 aromatic rings. The first-order valence-corrected chi connectivity index (χ1v) is 8.63. The summed E-state index contributed by atoms with van der Waals surface area (Å²) in [6.07, 6.45) is 0.303. The van der Waals surface area contributed by atoms with Gasteiger partial charge in [0.2, 0.25) is 11.8 Å². The van der Waals surface area contributed by atoms with Gasteiger partial charge in [-0.25, -0.2) is 8.78 Å². The lowest BCUT2D eigenvalue weighted by Gasteiger charge is -2.22. The van der Waals surface area contributed by atoms with Crippen molar-refractivity contribution in [3.8, 4) is 0 Å². The van der Waals surface area contributed by atoms with Crippen LogP contribution in [0.25, 0.3) is 0 Å². The maximum atomic E-state index is 13.7. The minimum atomic E-state index is -0.861. The molecule has 0 unspecified atom stereocenters. The molecule has 7 heteroatoms. The van der Waals surface area contributed by atoms with Crippen LogP contribution in [0, 0.1) is 11.6 Å². The number of anilines is 2. The number of carbonyl (C=O) groups is 2. The SMILES string of the molecule is C[C@H]1CC(=O)N(CC(=O)Nc2ccc(F)cc2F)c2ccccc2S1. The van der Waals surface area contributed by atoms with Gasteiger partial charge in [-0.05, 0) is 24.3 Å². The lowest BCUT2D eigenvalue weighted by atomic mass is 10.2. The minimum absolute atomic E-state index is 0.0938. The average molecular weight is 362 g/mol. The van der Waals surface area contributed by atoms with Crippen molar-refractivity contribution in [3.63, 3.8) is 0 Å². The molecule has 1 aliphatic rings. The summed E-state index contributed by atoms with van der Waals surface area (Å²) < 4.78 is 26.6. The van der Waals surface area contributed by atoms with E-state index in [2.05, 4.69) is 5.32 Å². The molecule has 1 atom stereocenters. The zero-order valence-electron chi connectivity index (χ0n) is 13.5. The Bertz CT molecular complexity index is 828. The van der Waals surface area contributed by atoms with Gasteiger partial charge in [0.25, 0.3) is 0 Å². The summed E-state index contributed by atoms with van der Waals surface area (Å²) in [5, 5.41) is 2.48. The largest absolute Gasteiger partial charge is 0.322 e. The molecule has 2 aromatic carbocycles. The summed E-state index contributed by atoms with van der Waals surface area (Å²) in [6, 6.07) is 10.3. The highest BCUT2D eigenvalue weighted by Gasteiger charge is 2.27. The van der Waals surface area contributed by atoms with E-state index in [-0.39, 0.29) is 23.4 Å². The zero-order chi connectivity index (χ0) is 18.0. The second-order valence-corrected chi connectivity index (χ2v) is 7.23. The summed E-state index contributed by atoms with van der Waals surface area (Å²) in [5.41, 5.74) is 0.543. The van der Waals surface area contributed by atoms with Crippen LogP contribution in [0.5, 0.6) is 0 Å². The topological polar surface area (TPSA) is 49.4 Å². The molecule has 4 nitrogen and oxygen atoms in total. The summed E-state index contributed by atoms with van der Waals surface area (Å²) in [5.74, 6) is -2.30. The molecule has 3 rings (SSSR count). The predicted molar refractivity (Wildman–Crippen MR) is 93.7 cm³/mol. The number of nitrogens with zero attached hydrogens (tertiary/aromatic N) is 1. The van der Waals surface area contributed by atoms with E-state index in [0.717, 1.165) is 17.0 Å². The van der Waals surface area contributed by atoms with Crippen molar-refractivity contribution in [1.82, 2.24) is 0 Å². The van der Waals surface area contributed by atoms with Gasteiger partial charge in [-0.3, -0.25) is 9.59 Å². The van der Waals surface area contributed by atoms with Gasteiger partial charge in [-0.1, -0.05) is 19.1 Å². The summed E-state index contributed by atoms with van der Waals surface area (Å²) in [6.45, 7) is 1.72. The highest BCUT2D eigenvalue weighted by molar-refractivity contribution is 8.00. The van der Waals surface area contributed by atoms with Crippen LogP contribution in [0.3, 0.4) is 0 Å². The third kappa shape index (κ3) is 3.99. The molecule has 0 saturated carbocycles. The van der Waals surface area contributed by atoms with Gasteiger partial charge in [0, 0.05) is 22.6 Å². The van der Waals surface area contributed by atoms with E-state index >= 15 is 0 Å². The molecule has 2 amide bonds. The van der Waals surface area contributed by atoms with Crippen molar-refractivity contribution in [3.05, 3.63) is 54.1 Å². The van der Waals surface area contributed by atoms with Crippen LogP contribution in [0.4, 0.5) is 20.2 Å².